The number of hydrogen-bond acceptors (Lipinski definition) is 3. The van der Waals surface area contributed by atoms with Gasteiger partial charge in [0.05, 0.1) is 5.76 Å². The smallest absolute Gasteiger partial charge is 1.00 e. The van der Waals surface area contributed by atoms with Crippen molar-refractivity contribution < 1.29 is 38.7 Å². The molecule has 0 aromatic carbocycles. The minimum absolute atomic E-state index is 0. The van der Waals surface area contributed by atoms with E-state index < -0.39 is 19.9 Å². The predicted molar refractivity (Wildman–Crippen MR) is 63.5 cm³/mol. The first-order valence-electron chi connectivity index (χ1n) is 4.94. The Bertz CT molecular complexity index is 232. The van der Waals surface area contributed by atoms with Crippen molar-refractivity contribution in [2.24, 2.45) is 0 Å². The monoisotopic (exact) mass is 284 g/mol. The third-order valence-corrected chi connectivity index (χ3v) is 4.57. The van der Waals surface area contributed by atoms with Crippen LogP contribution in [0.5, 0.6) is 0 Å². The summed E-state index contributed by atoms with van der Waals surface area (Å²) in [7, 11) is -0.641. The molecule has 0 aromatic rings. The van der Waals surface area contributed by atoms with E-state index in [1.54, 1.807) is 0 Å². The van der Waals surface area contributed by atoms with Gasteiger partial charge in [-0.3, -0.25) is 9.59 Å². The summed E-state index contributed by atoms with van der Waals surface area (Å²) in [5.41, 5.74) is 0. The van der Waals surface area contributed by atoms with E-state index in [-0.39, 0.29) is 32.4 Å². The van der Waals surface area contributed by atoms with Gasteiger partial charge in [-0.05, 0) is 18.5 Å². The first kappa shape index (κ1) is 18.6. The van der Waals surface area contributed by atoms with E-state index in [1.807, 2.05) is 0 Å². The summed E-state index contributed by atoms with van der Waals surface area (Å²) in [5.74, 6) is -1.67. The quantitative estimate of drug-likeness (QED) is 0.373. The van der Waals surface area contributed by atoms with Crippen LogP contribution in [-0.4, -0.2) is 45.7 Å². The SMILES string of the molecule is C=C(O)CCP(CCC(=O)O)CCC(=O)O.[Cl-].[H+]. The second kappa shape index (κ2) is 10.4. The number of aliphatic hydroxyl groups is 1. The first-order chi connectivity index (χ1) is 7.41. The highest BCUT2D eigenvalue weighted by atomic mass is 35.5. The van der Waals surface area contributed by atoms with E-state index in [1.165, 1.54) is 0 Å². The van der Waals surface area contributed by atoms with Crippen LogP contribution in [0.1, 0.15) is 20.7 Å². The number of halogens is 1. The summed E-state index contributed by atoms with van der Waals surface area (Å²) in [6, 6.07) is 0. The van der Waals surface area contributed by atoms with Crippen LogP contribution in [-0.2, 0) is 9.59 Å². The molecule has 0 radical (unpaired) electrons. The van der Waals surface area contributed by atoms with Crippen LogP contribution in [0.3, 0.4) is 0 Å². The fourth-order valence-electron chi connectivity index (χ4n) is 1.13. The van der Waals surface area contributed by atoms with Crippen LogP contribution in [0.2, 0.25) is 0 Å². The number of allylic oxidation sites excluding steroid dienone is 1. The summed E-state index contributed by atoms with van der Waals surface area (Å²) in [6.45, 7) is 3.35. The van der Waals surface area contributed by atoms with Gasteiger partial charge in [-0.25, -0.2) is 0 Å². The van der Waals surface area contributed by atoms with Gasteiger partial charge in [0.2, 0.25) is 0 Å². The first-order valence-corrected chi connectivity index (χ1v) is 6.84. The Hall–Kier alpha value is -0.800. The fourth-order valence-corrected chi connectivity index (χ4v) is 3.39. The minimum atomic E-state index is -0.870. The number of aliphatic carboxylic acids is 2. The lowest BCUT2D eigenvalue weighted by Crippen LogP contribution is -3.00. The molecule has 0 saturated heterocycles. The van der Waals surface area contributed by atoms with E-state index in [9.17, 15) is 9.59 Å². The number of hydrogen-bond donors (Lipinski definition) is 3. The second-order valence-corrected chi connectivity index (χ2v) is 6.13. The van der Waals surface area contributed by atoms with Crippen LogP contribution in [0, 0.1) is 0 Å². The van der Waals surface area contributed by atoms with Gasteiger partial charge in [-0.2, -0.15) is 0 Å². The lowest BCUT2D eigenvalue weighted by atomic mass is 10.4. The van der Waals surface area contributed by atoms with Crippen molar-refractivity contribution in [1.29, 1.82) is 0 Å². The predicted octanol–water partition coefficient (Wildman–Crippen LogP) is -1.00. The lowest BCUT2D eigenvalue weighted by Gasteiger charge is -2.15. The zero-order valence-corrected chi connectivity index (χ0v) is 11.1. The molecule has 100 valence electrons. The van der Waals surface area contributed by atoms with E-state index in [0.717, 1.165) is 0 Å². The largest absolute Gasteiger partial charge is 1.00 e. The van der Waals surface area contributed by atoms with Gasteiger partial charge in [0.1, 0.15) is 0 Å². The molecule has 5 nitrogen and oxygen atoms in total. The van der Waals surface area contributed by atoms with Gasteiger partial charge in [0.15, 0.2) is 0 Å². The molecule has 0 bridgehead atoms. The van der Waals surface area contributed by atoms with E-state index in [2.05, 4.69) is 6.58 Å². The molecule has 0 heterocycles. The Morgan fingerprint density at radius 3 is 1.59 bits per heavy atom. The molecule has 3 N–H and O–H groups in total. The number of carboxylic acids is 2. The maximum atomic E-state index is 10.4. The fraction of sp³-hybridized carbons (Fsp3) is 0.600. The zero-order valence-electron chi connectivity index (χ0n) is 10.4. The molecule has 0 aromatic heterocycles. The van der Waals surface area contributed by atoms with Gasteiger partial charge in [-0.1, -0.05) is 6.58 Å². The number of carbonyl (C=O) groups is 2. The molecule has 0 aliphatic heterocycles. The van der Waals surface area contributed by atoms with E-state index in [0.29, 0.717) is 24.9 Å². The normalized spacial score (nSPS) is 9.71. The van der Waals surface area contributed by atoms with E-state index in [4.69, 9.17) is 15.3 Å². The van der Waals surface area contributed by atoms with Gasteiger partial charge in [0.25, 0.3) is 0 Å². The van der Waals surface area contributed by atoms with Gasteiger partial charge in [0, 0.05) is 19.3 Å². The topological polar surface area (TPSA) is 94.8 Å². The standard InChI is InChI=1S/C10H17O5P.ClH/c1-8(11)2-5-16(6-3-9(12)13)7-4-10(14)15;/h11H,1-7H2,(H,12,13)(H,14,15);1H. The molecule has 0 fully saturated rings. The van der Waals surface area contributed by atoms with Crippen LogP contribution < -0.4 is 12.4 Å². The Morgan fingerprint density at radius 2 is 1.29 bits per heavy atom. The van der Waals surface area contributed by atoms with Gasteiger partial charge in [-0.15, -0.1) is 7.92 Å². The van der Waals surface area contributed by atoms with Crippen molar-refractivity contribution in [3.8, 4) is 0 Å². The molecule has 0 aliphatic rings. The summed E-state index contributed by atoms with van der Waals surface area (Å²) in [5, 5.41) is 26.0. The van der Waals surface area contributed by atoms with Gasteiger partial charge >= 0.3 is 13.4 Å². The Labute approximate surface area is 109 Å². The molecular formula is C10H18ClO5P. The summed E-state index contributed by atoms with van der Waals surface area (Å²) < 4.78 is 0. The van der Waals surface area contributed by atoms with Crippen molar-refractivity contribution in [2.45, 2.75) is 19.3 Å². The number of carboxylic acid groups (broad SMARTS) is 2. The van der Waals surface area contributed by atoms with Crippen LogP contribution in [0.15, 0.2) is 12.3 Å². The maximum Gasteiger partial charge on any atom is 1.00 e. The van der Waals surface area contributed by atoms with Crippen molar-refractivity contribution in [3.63, 3.8) is 0 Å². The Morgan fingerprint density at radius 1 is 0.941 bits per heavy atom. The average Bonchev–Trinajstić information content (AvgIpc) is 2.15. The Kier molecular flexibility index (Phi) is 11.3. The molecule has 0 aliphatic carbocycles. The minimum Gasteiger partial charge on any atom is -1.00 e. The Balaban J connectivity index is -0.00000112. The van der Waals surface area contributed by atoms with Crippen molar-refractivity contribution in [3.05, 3.63) is 12.3 Å². The highest BCUT2D eigenvalue weighted by Crippen LogP contribution is 2.38. The molecular weight excluding hydrogens is 267 g/mol. The molecule has 0 saturated carbocycles. The third-order valence-electron chi connectivity index (χ3n) is 2.00. The number of aliphatic hydroxyl groups excluding tert-OH is 1. The maximum absolute atomic E-state index is 10.4. The molecule has 0 rings (SSSR count). The molecule has 17 heavy (non-hydrogen) atoms. The third kappa shape index (κ3) is 13.1. The highest BCUT2D eigenvalue weighted by molar-refractivity contribution is 7.57. The molecule has 7 heteroatoms. The van der Waals surface area contributed by atoms with Crippen molar-refractivity contribution >= 4 is 19.9 Å². The lowest BCUT2D eigenvalue weighted by molar-refractivity contribution is -0.137. The van der Waals surface area contributed by atoms with E-state index >= 15 is 0 Å². The summed E-state index contributed by atoms with van der Waals surface area (Å²) >= 11 is 0. The summed E-state index contributed by atoms with van der Waals surface area (Å²) in [4.78, 5) is 20.8. The van der Waals surface area contributed by atoms with Crippen molar-refractivity contribution in [2.75, 3.05) is 18.5 Å². The highest BCUT2D eigenvalue weighted by Gasteiger charge is 2.12. The van der Waals surface area contributed by atoms with Crippen molar-refractivity contribution in [1.82, 2.24) is 0 Å². The zero-order chi connectivity index (χ0) is 12.6. The van der Waals surface area contributed by atoms with Crippen LogP contribution in [0.4, 0.5) is 0 Å². The average molecular weight is 285 g/mol. The summed E-state index contributed by atoms with van der Waals surface area (Å²) in [6.07, 6.45) is 2.19. The van der Waals surface area contributed by atoms with Crippen LogP contribution >= 0.6 is 7.92 Å². The second-order valence-electron chi connectivity index (χ2n) is 3.45. The van der Waals surface area contributed by atoms with Gasteiger partial charge < -0.3 is 27.7 Å². The number of rotatable bonds is 9. The molecule has 0 spiro atoms. The molecule has 0 unspecified atom stereocenters. The molecule has 0 amide bonds. The molecule has 0 atom stereocenters. The van der Waals surface area contributed by atoms with Crippen LogP contribution in [0.25, 0.3) is 0 Å².